The van der Waals surface area contributed by atoms with E-state index < -0.39 is 11.3 Å². The van der Waals surface area contributed by atoms with Gasteiger partial charge < -0.3 is 4.90 Å². The monoisotopic (exact) mass is 397 g/mol. The van der Waals surface area contributed by atoms with E-state index in [1.807, 2.05) is 18.2 Å². The van der Waals surface area contributed by atoms with Gasteiger partial charge in [-0.1, -0.05) is 48.5 Å². The Bertz CT molecular complexity index is 822. The van der Waals surface area contributed by atoms with Crippen molar-refractivity contribution in [2.75, 3.05) is 13.1 Å². The third-order valence-corrected chi connectivity index (χ3v) is 6.60. The van der Waals surface area contributed by atoms with Crippen LogP contribution in [-0.2, 0) is 24.2 Å². The molecule has 2 aromatic rings. The van der Waals surface area contributed by atoms with Gasteiger partial charge in [0.15, 0.2) is 0 Å². The fourth-order valence-corrected chi connectivity index (χ4v) is 4.30. The van der Waals surface area contributed by atoms with E-state index in [4.69, 9.17) is 0 Å². The number of nitrogens with zero attached hydrogens (tertiary/aromatic N) is 1. The van der Waals surface area contributed by atoms with Gasteiger partial charge in [-0.25, -0.2) is 8.78 Å². The zero-order valence-electron chi connectivity index (χ0n) is 17.8. The van der Waals surface area contributed by atoms with Crippen LogP contribution in [0.2, 0.25) is 0 Å². The van der Waals surface area contributed by atoms with Crippen molar-refractivity contribution >= 4 is 0 Å². The predicted octanol–water partition coefficient (Wildman–Crippen LogP) is 6.49. The summed E-state index contributed by atoms with van der Waals surface area (Å²) in [7, 11) is 0. The average Bonchev–Trinajstić information content (AvgIpc) is 3.64. The van der Waals surface area contributed by atoms with Crippen molar-refractivity contribution in [3.63, 3.8) is 0 Å². The molecule has 2 aliphatic rings. The number of benzene rings is 2. The Morgan fingerprint density at radius 1 is 0.793 bits per heavy atom. The normalized spacial score (nSPS) is 19.0. The Balaban J connectivity index is 1.35. The molecule has 0 heterocycles. The van der Waals surface area contributed by atoms with Crippen LogP contribution in [0, 0.1) is 0 Å². The summed E-state index contributed by atoms with van der Waals surface area (Å²) in [6.07, 6.45) is 5.17. The second kappa shape index (κ2) is 8.18. The fraction of sp³-hybridized carbons (Fsp3) is 0.538. The molecule has 0 saturated heterocycles. The second-order valence-corrected chi connectivity index (χ2v) is 9.28. The third kappa shape index (κ3) is 4.88. The van der Waals surface area contributed by atoms with Crippen molar-refractivity contribution in [2.24, 2.45) is 0 Å². The van der Waals surface area contributed by atoms with Crippen molar-refractivity contribution in [2.45, 2.75) is 76.2 Å². The highest BCUT2D eigenvalue weighted by Gasteiger charge is 2.53. The Morgan fingerprint density at radius 2 is 1.45 bits per heavy atom. The number of halogens is 2. The van der Waals surface area contributed by atoms with Crippen molar-refractivity contribution in [3.05, 3.63) is 70.8 Å². The molecular formula is C26H33F2N. The lowest BCUT2D eigenvalue weighted by molar-refractivity contribution is 0.222. The van der Waals surface area contributed by atoms with Gasteiger partial charge in [0.2, 0.25) is 0 Å². The molecule has 4 rings (SSSR count). The fourth-order valence-electron chi connectivity index (χ4n) is 4.30. The van der Waals surface area contributed by atoms with Crippen LogP contribution in [0.4, 0.5) is 8.78 Å². The summed E-state index contributed by atoms with van der Waals surface area (Å²) in [5, 5.41) is 0. The molecule has 0 amide bonds. The summed E-state index contributed by atoms with van der Waals surface area (Å²) in [4.78, 5) is 2.51. The largest absolute Gasteiger partial charge is 0.301 e. The Morgan fingerprint density at radius 3 is 2.07 bits per heavy atom. The molecule has 0 aromatic heterocycles. The lowest BCUT2D eigenvalue weighted by Crippen LogP contribution is -2.34. The highest BCUT2D eigenvalue weighted by molar-refractivity contribution is 5.44. The minimum atomic E-state index is -1.27. The third-order valence-electron chi connectivity index (χ3n) is 6.60. The number of alkyl halides is 2. The van der Waals surface area contributed by atoms with Crippen LogP contribution in [-0.4, -0.2) is 24.0 Å². The van der Waals surface area contributed by atoms with E-state index in [2.05, 4.69) is 49.1 Å². The van der Waals surface area contributed by atoms with E-state index in [1.165, 1.54) is 5.56 Å². The van der Waals surface area contributed by atoms with Gasteiger partial charge in [-0.3, -0.25) is 0 Å². The zero-order chi connectivity index (χ0) is 20.5. The van der Waals surface area contributed by atoms with Gasteiger partial charge in [0.25, 0.3) is 0 Å². The quantitative estimate of drug-likeness (QED) is 0.443. The molecule has 0 N–H and O–H groups in total. The van der Waals surface area contributed by atoms with E-state index in [9.17, 15) is 8.78 Å². The molecule has 0 radical (unpaired) electrons. The summed E-state index contributed by atoms with van der Waals surface area (Å²) in [6.45, 7) is 6.56. The number of hydrogen-bond acceptors (Lipinski definition) is 1. The van der Waals surface area contributed by atoms with Crippen LogP contribution in [0.3, 0.4) is 0 Å². The molecule has 0 aliphatic heterocycles. The minimum absolute atomic E-state index is 0.499. The molecule has 0 bridgehead atoms. The topological polar surface area (TPSA) is 3.24 Å². The molecule has 156 valence electrons. The molecule has 1 nitrogen and oxygen atoms in total. The van der Waals surface area contributed by atoms with Gasteiger partial charge >= 0.3 is 0 Å². The van der Waals surface area contributed by atoms with Gasteiger partial charge in [0, 0.05) is 12.6 Å². The smallest absolute Gasteiger partial charge is 0.136 e. The summed E-state index contributed by atoms with van der Waals surface area (Å²) in [5.41, 5.74) is 1.24. The van der Waals surface area contributed by atoms with Gasteiger partial charge in [0.05, 0.1) is 0 Å². The molecule has 2 aliphatic carbocycles. The Labute approximate surface area is 174 Å². The lowest BCUT2D eigenvalue weighted by Gasteiger charge is -2.26. The van der Waals surface area contributed by atoms with E-state index in [1.54, 1.807) is 0 Å². The second-order valence-electron chi connectivity index (χ2n) is 9.28. The molecule has 2 fully saturated rings. The maximum atomic E-state index is 14.9. The molecular weight excluding hydrogens is 364 g/mol. The first-order chi connectivity index (χ1) is 13.9. The SMILES string of the molecule is CC(C)N(CCCc1ccc(C2(F)CC2)c(C2(F)CC2)c1)CCc1ccccc1. The van der Waals surface area contributed by atoms with Gasteiger partial charge in [-0.05, 0) is 87.6 Å². The first kappa shape index (κ1) is 20.5. The zero-order valence-corrected chi connectivity index (χ0v) is 17.8. The first-order valence-corrected chi connectivity index (χ1v) is 11.2. The van der Waals surface area contributed by atoms with Crippen molar-refractivity contribution in [1.82, 2.24) is 4.90 Å². The molecule has 29 heavy (non-hydrogen) atoms. The van der Waals surface area contributed by atoms with Crippen LogP contribution < -0.4 is 0 Å². The summed E-state index contributed by atoms with van der Waals surface area (Å²) >= 11 is 0. The first-order valence-electron chi connectivity index (χ1n) is 11.2. The maximum Gasteiger partial charge on any atom is 0.136 e. The number of aryl methyl sites for hydroxylation is 1. The van der Waals surface area contributed by atoms with E-state index >= 15 is 0 Å². The Hall–Kier alpha value is -1.74. The number of rotatable bonds is 10. The summed E-state index contributed by atoms with van der Waals surface area (Å²) in [5.74, 6) is 0. The summed E-state index contributed by atoms with van der Waals surface area (Å²) < 4.78 is 29.6. The standard InChI is InChI=1S/C26H33F2N/c1-20(2)29(18-12-21-7-4-3-5-8-21)17-6-9-22-10-11-23(25(27)13-14-25)24(19-22)26(28)15-16-26/h3-5,7-8,10-11,19-20H,6,9,12-18H2,1-2H3. The van der Waals surface area contributed by atoms with E-state index in [-0.39, 0.29) is 0 Å². The van der Waals surface area contributed by atoms with E-state index in [0.717, 1.165) is 37.9 Å². The van der Waals surface area contributed by atoms with Crippen LogP contribution in [0.1, 0.15) is 68.2 Å². The van der Waals surface area contributed by atoms with Crippen LogP contribution in [0.25, 0.3) is 0 Å². The van der Waals surface area contributed by atoms with Gasteiger partial charge in [-0.2, -0.15) is 0 Å². The molecule has 2 saturated carbocycles. The minimum Gasteiger partial charge on any atom is -0.301 e. The van der Waals surface area contributed by atoms with Crippen LogP contribution in [0.15, 0.2) is 48.5 Å². The number of hydrogen-bond donors (Lipinski definition) is 0. The highest BCUT2D eigenvalue weighted by Crippen LogP contribution is 2.58. The Kier molecular flexibility index (Phi) is 5.79. The van der Waals surface area contributed by atoms with Crippen molar-refractivity contribution < 1.29 is 8.78 Å². The predicted molar refractivity (Wildman–Crippen MR) is 116 cm³/mol. The lowest BCUT2D eigenvalue weighted by atomic mass is 9.93. The molecule has 2 aromatic carbocycles. The highest BCUT2D eigenvalue weighted by atomic mass is 19.1. The maximum absolute atomic E-state index is 14.9. The molecule has 0 spiro atoms. The van der Waals surface area contributed by atoms with Crippen LogP contribution in [0.5, 0.6) is 0 Å². The van der Waals surface area contributed by atoms with Gasteiger partial charge in [-0.15, -0.1) is 0 Å². The van der Waals surface area contributed by atoms with Crippen molar-refractivity contribution in [3.8, 4) is 0 Å². The van der Waals surface area contributed by atoms with Crippen molar-refractivity contribution in [1.29, 1.82) is 0 Å². The summed E-state index contributed by atoms with van der Waals surface area (Å²) in [6, 6.07) is 17.0. The van der Waals surface area contributed by atoms with E-state index in [0.29, 0.717) is 42.9 Å². The van der Waals surface area contributed by atoms with Gasteiger partial charge in [0.1, 0.15) is 11.3 Å². The van der Waals surface area contributed by atoms with Crippen LogP contribution >= 0.6 is 0 Å². The molecule has 0 unspecified atom stereocenters. The average molecular weight is 398 g/mol. The molecule has 0 atom stereocenters. The molecule has 3 heteroatoms.